The maximum absolute atomic E-state index is 4.79. The summed E-state index contributed by atoms with van der Waals surface area (Å²) in [6, 6.07) is 13.7. The van der Waals surface area contributed by atoms with Gasteiger partial charge in [0.15, 0.2) is 5.82 Å². The third kappa shape index (κ3) is 3.20. The summed E-state index contributed by atoms with van der Waals surface area (Å²) in [4.78, 5) is 2.50. The van der Waals surface area contributed by atoms with Crippen LogP contribution in [0.5, 0.6) is 0 Å². The van der Waals surface area contributed by atoms with E-state index in [-0.39, 0.29) is 0 Å². The highest BCUT2D eigenvalue weighted by molar-refractivity contribution is 6.01. The molecule has 0 aliphatic carbocycles. The van der Waals surface area contributed by atoms with E-state index in [0.29, 0.717) is 6.04 Å². The molecule has 4 rings (SSSR count). The molecule has 3 aromatic rings. The minimum Gasteiger partial charge on any atom is -0.352 e. The molecule has 1 aliphatic heterocycles. The molecule has 0 saturated carbocycles. The van der Waals surface area contributed by atoms with Gasteiger partial charge >= 0.3 is 0 Å². The number of aromatic nitrogens is 2. The molecule has 140 valence electrons. The minimum absolute atomic E-state index is 0.574. The molecule has 3 heteroatoms. The topological polar surface area (TPSA) is 29.0 Å². The van der Waals surface area contributed by atoms with Crippen LogP contribution in [-0.2, 0) is 0 Å². The van der Waals surface area contributed by atoms with Gasteiger partial charge in [-0.15, -0.1) is 10.2 Å². The third-order valence-corrected chi connectivity index (χ3v) is 5.95. The second kappa shape index (κ2) is 7.30. The lowest BCUT2D eigenvalue weighted by Gasteiger charge is -2.36. The Hall–Kier alpha value is -2.42. The molecule has 0 amide bonds. The van der Waals surface area contributed by atoms with Gasteiger partial charge in [-0.3, -0.25) is 0 Å². The smallest absolute Gasteiger partial charge is 0.159 e. The summed E-state index contributed by atoms with van der Waals surface area (Å²) in [5.41, 5.74) is 6.06. The van der Waals surface area contributed by atoms with E-state index in [1.165, 1.54) is 52.3 Å². The summed E-state index contributed by atoms with van der Waals surface area (Å²) < 4.78 is 0. The number of hydrogen-bond donors (Lipinski definition) is 0. The van der Waals surface area contributed by atoms with Crippen LogP contribution in [0, 0.1) is 20.8 Å². The number of fused-ring (bicyclic) bond motifs is 1. The number of anilines is 1. The van der Waals surface area contributed by atoms with Gasteiger partial charge in [-0.2, -0.15) is 0 Å². The third-order valence-electron chi connectivity index (χ3n) is 5.95. The van der Waals surface area contributed by atoms with Gasteiger partial charge in [0, 0.05) is 28.9 Å². The average Bonchev–Trinajstić information content (AvgIpc) is 2.67. The number of rotatable bonds is 3. The van der Waals surface area contributed by atoms with Crippen LogP contribution in [0.15, 0.2) is 36.4 Å². The van der Waals surface area contributed by atoms with Crippen molar-refractivity contribution in [3.63, 3.8) is 0 Å². The van der Waals surface area contributed by atoms with Crippen LogP contribution in [0.25, 0.3) is 22.0 Å². The number of hydrogen-bond acceptors (Lipinski definition) is 3. The van der Waals surface area contributed by atoms with Gasteiger partial charge in [0.25, 0.3) is 0 Å². The van der Waals surface area contributed by atoms with Gasteiger partial charge in [0.2, 0.25) is 0 Å². The molecular weight excluding hydrogens is 330 g/mol. The Morgan fingerprint density at radius 3 is 2.37 bits per heavy atom. The van der Waals surface area contributed by atoms with Crippen LogP contribution in [0.3, 0.4) is 0 Å². The molecule has 1 aliphatic rings. The second-order valence-electron chi connectivity index (χ2n) is 7.94. The number of aryl methyl sites for hydroxylation is 3. The van der Waals surface area contributed by atoms with Crippen LogP contribution >= 0.6 is 0 Å². The average molecular weight is 360 g/mol. The number of nitrogens with zero attached hydrogens (tertiary/aromatic N) is 3. The van der Waals surface area contributed by atoms with Crippen molar-refractivity contribution in [1.29, 1.82) is 0 Å². The molecular formula is C24H29N3. The van der Waals surface area contributed by atoms with E-state index in [0.717, 1.165) is 24.5 Å². The first-order valence-corrected chi connectivity index (χ1v) is 10.2. The normalized spacial score (nSPS) is 17.5. The fraction of sp³-hybridized carbons (Fsp3) is 0.417. The van der Waals surface area contributed by atoms with Gasteiger partial charge in [0.05, 0.1) is 0 Å². The SMILES string of the molecule is CCC1CCCCN1c1nnc(-c2c(C)cc(C)cc2C)c2ccccc12. The highest BCUT2D eigenvalue weighted by Gasteiger charge is 2.25. The summed E-state index contributed by atoms with van der Waals surface area (Å²) in [6.07, 6.45) is 4.98. The molecule has 1 aromatic heterocycles. The molecule has 1 atom stereocenters. The van der Waals surface area contributed by atoms with Crippen LogP contribution in [0.2, 0.25) is 0 Å². The molecule has 2 aromatic carbocycles. The van der Waals surface area contributed by atoms with Gasteiger partial charge in [-0.05, 0) is 57.6 Å². The van der Waals surface area contributed by atoms with E-state index >= 15 is 0 Å². The predicted octanol–water partition coefficient (Wildman–Crippen LogP) is 5.99. The van der Waals surface area contributed by atoms with E-state index in [9.17, 15) is 0 Å². The van der Waals surface area contributed by atoms with E-state index in [1.807, 2.05) is 0 Å². The van der Waals surface area contributed by atoms with Crippen molar-refractivity contribution in [2.24, 2.45) is 0 Å². The maximum atomic E-state index is 4.79. The molecule has 0 N–H and O–H groups in total. The van der Waals surface area contributed by atoms with Crippen molar-refractivity contribution in [2.45, 2.75) is 59.4 Å². The quantitative estimate of drug-likeness (QED) is 0.575. The fourth-order valence-corrected chi connectivity index (χ4v) is 4.74. The van der Waals surface area contributed by atoms with Gasteiger partial charge in [-0.1, -0.05) is 48.9 Å². The zero-order chi connectivity index (χ0) is 19.0. The molecule has 27 heavy (non-hydrogen) atoms. The number of piperidine rings is 1. The van der Waals surface area contributed by atoms with E-state index in [4.69, 9.17) is 10.2 Å². The Kier molecular flexibility index (Phi) is 4.86. The van der Waals surface area contributed by atoms with Crippen LogP contribution in [-0.4, -0.2) is 22.8 Å². The summed E-state index contributed by atoms with van der Waals surface area (Å²) in [5.74, 6) is 1.06. The molecule has 0 radical (unpaired) electrons. The second-order valence-corrected chi connectivity index (χ2v) is 7.94. The molecule has 1 saturated heterocycles. The lowest BCUT2D eigenvalue weighted by atomic mass is 9.94. The minimum atomic E-state index is 0.574. The Bertz CT molecular complexity index is 954. The highest BCUT2D eigenvalue weighted by atomic mass is 15.3. The Morgan fingerprint density at radius 2 is 1.67 bits per heavy atom. The van der Waals surface area contributed by atoms with Crippen molar-refractivity contribution in [1.82, 2.24) is 10.2 Å². The van der Waals surface area contributed by atoms with Crippen molar-refractivity contribution in [3.8, 4) is 11.3 Å². The van der Waals surface area contributed by atoms with E-state index in [1.54, 1.807) is 0 Å². The van der Waals surface area contributed by atoms with E-state index < -0.39 is 0 Å². The fourth-order valence-electron chi connectivity index (χ4n) is 4.74. The summed E-state index contributed by atoms with van der Waals surface area (Å²) >= 11 is 0. The van der Waals surface area contributed by atoms with Crippen molar-refractivity contribution >= 4 is 16.6 Å². The predicted molar refractivity (Wildman–Crippen MR) is 114 cm³/mol. The van der Waals surface area contributed by atoms with Crippen LogP contribution in [0.1, 0.15) is 49.3 Å². The number of benzene rings is 2. The maximum Gasteiger partial charge on any atom is 0.159 e. The lowest BCUT2D eigenvalue weighted by molar-refractivity contribution is 0.447. The van der Waals surface area contributed by atoms with E-state index in [2.05, 4.69) is 69.0 Å². The monoisotopic (exact) mass is 359 g/mol. The molecule has 1 fully saturated rings. The molecule has 3 nitrogen and oxygen atoms in total. The van der Waals surface area contributed by atoms with Crippen molar-refractivity contribution in [3.05, 3.63) is 53.1 Å². The first-order chi connectivity index (χ1) is 13.1. The summed E-state index contributed by atoms with van der Waals surface area (Å²) in [6.45, 7) is 9.87. The van der Waals surface area contributed by atoms with Crippen molar-refractivity contribution < 1.29 is 0 Å². The Balaban J connectivity index is 1.92. The van der Waals surface area contributed by atoms with Crippen LogP contribution < -0.4 is 4.90 Å². The molecule has 1 unspecified atom stereocenters. The first-order valence-electron chi connectivity index (χ1n) is 10.2. The van der Waals surface area contributed by atoms with Crippen LogP contribution in [0.4, 0.5) is 5.82 Å². The Labute approximate surface area is 162 Å². The van der Waals surface area contributed by atoms with Gasteiger partial charge < -0.3 is 4.90 Å². The molecule has 0 spiro atoms. The highest BCUT2D eigenvalue weighted by Crippen LogP contribution is 2.36. The zero-order valence-electron chi connectivity index (χ0n) is 16.9. The first kappa shape index (κ1) is 18.0. The largest absolute Gasteiger partial charge is 0.352 e. The Morgan fingerprint density at radius 1 is 0.963 bits per heavy atom. The summed E-state index contributed by atoms with van der Waals surface area (Å²) in [7, 11) is 0. The summed E-state index contributed by atoms with van der Waals surface area (Å²) in [5, 5.41) is 12.0. The van der Waals surface area contributed by atoms with Crippen molar-refractivity contribution in [2.75, 3.05) is 11.4 Å². The lowest BCUT2D eigenvalue weighted by Crippen LogP contribution is -2.39. The zero-order valence-corrected chi connectivity index (χ0v) is 16.9. The van der Waals surface area contributed by atoms with Gasteiger partial charge in [-0.25, -0.2) is 0 Å². The molecule has 2 heterocycles. The standard InChI is InChI=1S/C24H29N3/c1-5-19-10-8-9-13-27(19)24-21-12-7-6-11-20(21)23(25-26-24)22-17(3)14-16(2)15-18(22)4/h6-7,11-12,14-15,19H,5,8-10,13H2,1-4H3. The molecule has 0 bridgehead atoms. The van der Waals surface area contributed by atoms with Gasteiger partial charge in [0.1, 0.15) is 5.69 Å².